The summed E-state index contributed by atoms with van der Waals surface area (Å²) >= 11 is 0. The fraction of sp³-hybridized carbons (Fsp3) is 0.571. The fourth-order valence-corrected chi connectivity index (χ4v) is 2.73. The van der Waals surface area contributed by atoms with Gasteiger partial charge in [0.15, 0.2) is 0 Å². The van der Waals surface area contributed by atoms with E-state index in [-0.39, 0.29) is 16.7 Å². The maximum Gasteiger partial charge on any atom is 0.269 e. The van der Waals surface area contributed by atoms with Gasteiger partial charge in [0.05, 0.1) is 11.0 Å². The van der Waals surface area contributed by atoms with Gasteiger partial charge in [0, 0.05) is 30.9 Å². The normalized spacial score (nSPS) is 18.4. The number of non-ortho nitro benzene ring substituents is 1. The molecular formula is C14H20N2O3. The van der Waals surface area contributed by atoms with Gasteiger partial charge >= 0.3 is 0 Å². The van der Waals surface area contributed by atoms with Crippen molar-refractivity contribution in [3.05, 3.63) is 33.9 Å². The highest BCUT2D eigenvalue weighted by molar-refractivity contribution is 5.57. The van der Waals surface area contributed by atoms with E-state index in [1.54, 1.807) is 12.1 Å². The molecule has 1 atom stereocenters. The molecule has 5 nitrogen and oxygen atoms in total. The summed E-state index contributed by atoms with van der Waals surface area (Å²) in [6.45, 7) is 5.54. The van der Waals surface area contributed by atoms with Gasteiger partial charge in [-0.15, -0.1) is 0 Å². The maximum atomic E-state index is 10.7. The van der Waals surface area contributed by atoms with Crippen molar-refractivity contribution in [1.29, 1.82) is 0 Å². The molecule has 1 saturated heterocycles. The first kappa shape index (κ1) is 13.8. The van der Waals surface area contributed by atoms with E-state index in [2.05, 4.69) is 4.90 Å². The highest BCUT2D eigenvalue weighted by Gasteiger charge is 2.23. The molecule has 2 rings (SSSR count). The van der Waals surface area contributed by atoms with E-state index in [1.807, 2.05) is 19.9 Å². The van der Waals surface area contributed by atoms with Gasteiger partial charge in [0.25, 0.3) is 5.69 Å². The molecule has 104 valence electrons. The first-order valence-electron chi connectivity index (χ1n) is 6.67. The number of hydrogen-bond acceptors (Lipinski definition) is 4. The number of aryl methyl sites for hydroxylation is 1. The third-order valence-electron chi connectivity index (χ3n) is 3.95. The van der Waals surface area contributed by atoms with E-state index in [9.17, 15) is 15.2 Å². The Morgan fingerprint density at radius 1 is 1.42 bits per heavy atom. The number of nitro benzene ring substituents is 1. The minimum Gasteiger partial charge on any atom is -0.393 e. The van der Waals surface area contributed by atoms with Gasteiger partial charge in [-0.3, -0.25) is 10.1 Å². The molecule has 0 unspecified atom stereocenters. The average Bonchev–Trinajstić information content (AvgIpc) is 2.38. The van der Waals surface area contributed by atoms with E-state index < -0.39 is 0 Å². The quantitative estimate of drug-likeness (QED) is 0.673. The van der Waals surface area contributed by atoms with Crippen LogP contribution in [-0.4, -0.2) is 29.2 Å². The second-order valence-electron chi connectivity index (χ2n) is 5.29. The molecule has 0 spiro atoms. The van der Waals surface area contributed by atoms with Crippen molar-refractivity contribution in [3.63, 3.8) is 0 Å². The average molecular weight is 264 g/mol. The van der Waals surface area contributed by atoms with Crippen molar-refractivity contribution in [2.45, 2.75) is 32.8 Å². The number of piperidine rings is 1. The minimum atomic E-state index is -0.365. The second kappa shape index (κ2) is 5.57. The molecule has 1 heterocycles. The minimum absolute atomic E-state index is 0.139. The maximum absolute atomic E-state index is 10.7. The Morgan fingerprint density at radius 2 is 2.05 bits per heavy atom. The van der Waals surface area contributed by atoms with Crippen LogP contribution in [0.5, 0.6) is 0 Å². The number of aliphatic hydroxyl groups is 1. The molecule has 0 amide bonds. The SMILES string of the molecule is Cc1cc([N+](=O)[O-])ccc1N1CCC([C@H](C)O)CC1. The molecule has 19 heavy (non-hydrogen) atoms. The predicted octanol–water partition coefficient (Wildman–Crippen LogP) is 2.50. The summed E-state index contributed by atoms with van der Waals surface area (Å²) in [5, 5.41) is 20.3. The monoisotopic (exact) mass is 264 g/mol. The first-order valence-corrected chi connectivity index (χ1v) is 6.67. The van der Waals surface area contributed by atoms with Gasteiger partial charge in [0.2, 0.25) is 0 Å². The van der Waals surface area contributed by atoms with Crippen LogP contribution in [0.1, 0.15) is 25.3 Å². The van der Waals surface area contributed by atoms with Gasteiger partial charge in [0.1, 0.15) is 0 Å². The van der Waals surface area contributed by atoms with E-state index in [1.165, 1.54) is 0 Å². The van der Waals surface area contributed by atoms with Crippen LogP contribution >= 0.6 is 0 Å². The number of nitro groups is 1. The van der Waals surface area contributed by atoms with E-state index >= 15 is 0 Å². The number of hydrogen-bond donors (Lipinski definition) is 1. The Hall–Kier alpha value is -1.62. The predicted molar refractivity (Wildman–Crippen MR) is 74.5 cm³/mol. The van der Waals surface area contributed by atoms with Crippen LogP contribution < -0.4 is 4.90 Å². The van der Waals surface area contributed by atoms with Crippen LogP contribution in [0.15, 0.2) is 18.2 Å². The third kappa shape index (κ3) is 3.04. The molecule has 1 fully saturated rings. The highest BCUT2D eigenvalue weighted by Crippen LogP contribution is 2.29. The lowest BCUT2D eigenvalue weighted by molar-refractivity contribution is -0.384. The van der Waals surface area contributed by atoms with E-state index in [0.717, 1.165) is 37.2 Å². The molecule has 1 aromatic rings. The first-order chi connectivity index (χ1) is 8.99. The van der Waals surface area contributed by atoms with Gasteiger partial charge in [-0.05, 0) is 44.2 Å². The smallest absolute Gasteiger partial charge is 0.269 e. The molecule has 1 aromatic carbocycles. The zero-order valence-electron chi connectivity index (χ0n) is 11.4. The van der Waals surface area contributed by atoms with Crippen molar-refractivity contribution in [2.24, 2.45) is 5.92 Å². The number of nitrogens with zero attached hydrogens (tertiary/aromatic N) is 2. The molecule has 0 saturated carbocycles. The van der Waals surface area contributed by atoms with Crippen molar-refractivity contribution in [2.75, 3.05) is 18.0 Å². The molecular weight excluding hydrogens is 244 g/mol. The highest BCUT2D eigenvalue weighted by atomic mass is 16.6. The summed E-state index contributed by atoms with van der Waals surface area (Å²) in [4.78, 5) is 12.6. The number of rotatable bonds is 3. The Morgan fingerprint density at radius 3 is 2.53 bits per heavy atom. The molecule has 1 aliphatic heterocycles. The molecule has 5 heteroatoms. The van der Waals surface area contributed by atoms with Crippen LogP contribution in [0.4, 0.5) is 11.4 Å². The largest absolute Gasteiger partial charge is 0.393 e. The Labute approximate surface area is 113 Å². The lowest BCUT2D eigenvalue weighted by atomic mass is 9.91. The summed E-state index contributed by atoms with van der Waals surface area (Å²) in [6.07, 6.45) is 1.68. The lowest BCUT2D eigenvalue weighted by Gasteiger charge is -2.35. The summed E-state index contributed by atoms with van der Waals surface area (Å²) < 4.78 is 0. The number of anilines is 1. The zero-order chi connectivity index (χ0) is 14.0. The second-order valence-corrected chi connectivity index (χ2v) is 5.29. The van der Waals surface area contributed by atoms with Crippen molar-refractivity contribution in [3.8, 4) is 0 Å². The fourth-order valence-electron chi connectivity index (χ4n) is 2.73. The van der Waals surface area contributed by atoms with Crippen LogP contribution in [0.3, 0.4) is 0 Å². The van der Waals surface area contributed by atoms with Gasteiger partial charge in [-0.2, -0.15) is 0 Å². The van der Waals surface area contributed by atoms with Crippen molar-refractivity contribution < 1.29 is 10.0 Å². The summed E-state index contributed by atoms with van der Waals surface area (Å²) in [7, 11) is 0. The van der Waals surface area contributed by atoms with Gasteiger partial charge in [-0.25, -0.2) is 0 Å². The standard InChI is InChI=1S/C14H20N2O3/c1-10-9-13(16(18)19)3-4-14(10)15-7-5-12(6-8-15)11(2)17/h3-4,9,11-12,17H,5-8H2,1-2H3/t11-/m0/s1. The lowest BCUT2D eigenvalue weighted by Crippen LogP contribution is -2.37. The molecule has 1 aliphatic rings. The molecule has 0 aromatic heterocycles. The summed E-state index contributed by atoms with van der Waals surface area (Å²) in [5.74, 6) is 0.370. The zero-order valence-corrected chi connectivity index (χ0v) is 11.4. The molecule has 0 bridgehead atoms. The molecule has 1 N–H and O–H groups in total. The van der Waals surface area contributed by atoms with Crippen molar-refractivity contribution >= 4 is 11.4 Å². The molecule has 0 radical (unpaired) electrons. The van der Waals surface area contributed by atoms with E-state index in [0.29, 0.717) is 5.92 Å². The topological polar surface area (TPSA) is 66.6 Å². The van der Waals surface area contributed by atoms with E-state index in [4.69, 9.17) is 0 Å². The Kier molecular flexibility index (Phi) is 4.04. The number of benzene rings is 1. The van der Waals surface area contributed by atoms with Gasteiger partial charge in [-0.1, -0.05) is 0 Å². The Balaban J connectivity index is 2.09. The third-order valence-corrected chi connectivity index (χ3v) is 3.95. The van der Waals surface area contributed by atoms with Crippen LogP contribution in [0, 0.1) is 23.0 Å². The Bertz CT molecular complexity index is 466. The number of aliphatic hydroxyl groups excluding tert-OH is 1. The van der Waals surface area contributed by atoms with Crippen molar-refractivity contribution in [1.82, 2.24) is 0 Å². The van der Waals surface area contributed by atoms with Crippen LogP contribution in [0.2, 0.25) is 0 Å². The van der Waals surface area contributed by atoms with Gasteiger partial charge < -0.3 is 10.0 Å². The molecule has 0 aliphatic carbocycles. The summed E-state index contributed by atoms with van der Waals surface area (Å²) in [6, 6.07) is 5.01. The van der Waals surface area contributed by atoms with Crippen LogP contribution in [0.25, 0.3) is 0 Å². The summed E-state index contributed by atoms with van der Waals surface area (Å²) in [5.41, 5.74) is 2.14. The van der Waals surface area contributed by atoms with Crippen LogP contribution in [-0.2, 0) is 0 Å².